The van der Waals surface area contributed by atoms with Crippen molar-refractivity contribution in [2.45, 2.75) is 277 Å². The standard InChI is InChI=1S/C62H106O6/c1-4-7-10-13-16-19-22-25-28-31-34-37-40-43-46-49-52-55-61(64)67-58-59(57-66-60(63)54-51-48-45-42-39-36-33-30-27-24-21-18-15-12-9-6-3)68-62(65)56-53-50-47-44-41-38-35-32-29-26-23-20-17-14-11-8-5-2/h7-8,10-11,16-17,19-20,25-26,28-30,33,59H,4-6,9,12-15,18,21-24,27,31-32,34-58H2,1-3H3/b10-7-,11-8-,19-16-,20-17-,28-25-,29-26-,33-30-. The Morgan fingerprint density at radius 2 is 0.574 bits per heavy atom. The van der Waals surface area contributed by atoms with Gasteiger partial charge >= 0.3 is 17.9 Å². The molecule has 0 aromatic carbocycles. The van der Waals surface area contributed by atoms with Crippen LogP contribution in [0.15, 0.2) is 85.1 Å². The third-order valence-electron chi connectivity index (χ3n) is 12.1. The Hall–Kier alpha value is -3.41. The summed E-state index contributed by atoms with van der Waals surface area (Å²) in [6.07, 6.45) is 72.8. The van der Waals surface area contributed by atoms with Crippen LogP contribution < -0.4 is 0 Å². The van der Waals surface area contributed by atoms with Crippen molar-refractivity contribution < 1.29 is 28.6 Å². The first kappa shape index (κ1) is 64.6. The van der Waals surface area contributed by atoms with E-state index in [4.69, 9.17) is 14.2 Å². The van der Waals surface area contributed by atoms with Gasteiger partial charge < -0.3 is 14.2 Å². The smallest absolute Gasteiger partial charge is 0.306 e. The van der Waals surface area contributed by atoms with Crippen molar-refractivity contribution in [1.82, 2.24) is 0 Å². The van der Waals surface area contributed by atoms with Gasteiger partial charge in [-0.3, -0.25) is 14.4 Å². The molecule has 1 unspecified atom stereocenters. The largest absolute Gasteiger partial charge is 0.462 e. The van der Waals surface area contributed by atoms with E-state index in [9.17, 15) is 14.4 Å². The van der Waals surface area contributed by atoms with Crippen LogP contribution in [-0.4, -0.2) is 37.2 Å². The highest BCUT2D eigenvalue weighted by atomic mass is 16.6. The Labute approximate surface area is 420 Å². The molecule has 0 aliphatic rings. The van der Waals surface area contributed by atoms with Crippen molar-refractivity contribution in [2.24, 2.45) is 0 Å². The van der Waals surface area contributed by atoms with E-state index in [2.05, 4.69) is 106 Å². The summed E-state index contributed by atoms with van der Waals surface area (Å²) in [5.74, 6) is -0.910. The molecule has 0 fully saturated rings. The Morgan fingerprint density at radius 1 is 0.309 bits per heavy atom. The number of carbonyl (C=O) groups excluding carboxylic acids is 3. The van der Waals surface area contributed by atoms with Crippen LogP contribution in [0.4, 0.5) is 0 Å². The first-order valence-corrected chi connectivity index (χ1v) is 28.6. The van der Waals surface area contributed by atoms with Crippen molar-refractivity contribution >= 4 is 17.9 Å². The van der Waals surface area contributed by atoms with Gasteiger partial charge in [0.25, 0.3) is 0 Å². The van der Waals surface area contributed by atoms with E-state index >= 15 is 0 Å². The van der Waals surface area contributed by atoms with Crippen LogP contribution in [0.2, 0.25) is 0 Å². The fourth-order valence-corrected chi connectivity index (χ4v) is 7.88. The van der Waals surface area contributed by atoms with Gasteiger partial charge in [0.05, 0.1) is 0 Å². The van der Waals surface area contributed by atoms with Crippen LogP contribution in [0, 0.1) is 0 Å². The molecule has 0 amide bonds. The Morgan fingerprint density at radius 3 is 0.912 bits per heavy atom. The van der Waals surface area contributed by atoms with E-state index in [1.807, 2.05) is 0 Å². The predicted octanol–water partition coefficient (Wildman–Crippen LogP) is 19.2. The second-order valence-electron chi connectivity index (χ2n) is 18.8. The molecule has 0 heterocycles. The molecular weight excluding hydrogens is 841 g/mol. The number of esters is 3. The molecule has 0 aromatic heterocycles. The fraction of sp³-hybridized carbons (Fsp3) is 0.726. The molecule has 68 heavy (non-hydrogen) atoms. The average Bonchev–Trinajstić information content (AvgIpc) is 3.34. The highest BCUT2D eigenvalue weighted by Gasteiger charge is 2.19. The number of rotatable bonds is 51. The summed E-state index contributed by atoms with van der Waals surface area (Å²) in [6, 6.07) is 0. The third-order valence-corrected chi connectivity index (χ3v) is 12.1. The molecule has 0 saturated heterocycles. The number of unbranched alkanes of at least 4 members (excludes halogenated alkanes) is 26. The van der Waals surface area contributed by atoms with E-state index in [-0.39, 0.29) is 31.1 Å². The van der Waals surface area contributed by atoms with E-state index in [0.717, 1.165) is 116 Å². The zero-order chi connectivity index (χ0) is 49.3. The van der Waals surface area contributed by atoms with Crippen LogP contribution >= 0.6 is 0 Å². The first-order chi connectivity index (χ1) is 33.5. The molecule has 0 spiro atoms. The molecule has 6 nitrogen and oxygen atoms in total. The molecule has 390 valence electrons. The highest BCUT2D eigenvalue weighted by molar-refractivity contribution is 5.71. The van der Waals surface area contributed by atoms with Crippen molar-refractivity contribution in [3.8, 4) is 0 Å². The maximum atomic E-state index is 12.9. The van der Waals surface area contributed by atoms with E-state index in [1.165, 1.54) is 116 Å². The fourth-order valence-electron chi connectivity index (χ4n) is 7.88. The van der Waals surface area contributed by atoms with Crippen molar-refractivity contribution in [3.63, 3.8) is 0 Å². The zero-order valence-corrected chi connectivity index (χ0v) is 44.6. The van der Waals surface area contributed by atoms with Gasteiger partial charge in [-0.15, -0.1) is 0 Å². The molecule has 0 aliphatic carbocycles. The summed E-state index contributed by atoms with van der Waals surface area (Å²) in [6.45, 7) is 6.41. The Bertz CT molecular complexity index is 1320. The van der Waals surface area contributed by atoms with Crippen molar-refractivity contribution in [1.29, 1.82) is 0 Å². The zero-order valence-electron chi connectivity index (χ0n) is 44.6. The second-order valence-corrected chi connectivity index (χ2v) is 18.8. The van der Waals surface area contributed by atoms with Crippen molar-refractivity contribution in [3.05, 3.63) is 85.1 Å². The molecule has 0 aromatic rings. The summed E-state index contributed by atoms with van der Waals surface area (Å²) in [5.41, 5.74) is 0. The number of hydrogen-bond acceptors (Lipinski definition) is 6. The molecule has 6 heteroatoms. The minimum absolute atomic E-state index is 0.0879. The van der Waals surface area contributed by atoms with Gasteiger partial charge in [0, 0.05) is 19.3 Å². The lowest BCUT2D eigenvalue weighted by molar-refractivity contribution is -0.167. The van der Waals surface area contributed by atoms with Gasteiger partial charge in [0.2, 0.25) is 0 Å². The third kappa shape index (κ3) is 53.5. The topological polar surface area (TPSA) is 78.9 Å². The molecule has 0 radical (unpaired) electrons. The molecule has 0 N–H and O–H groups in total. The lowest BCUT2D eigenvalue weighted by atomic mass is 10.1. The lowest BCUT2D eigenvalue weighted by Crippen LogP contribution is -2.30. The monoisotopic (exact) mass is 947 g/mol. The van der Waals surface area contributed by atoms with E-state index in [1.54, 1.807) is 0 Å². The summed E-state index contributed by atoms with van der Waals surface area (Å²) in [7, 11) is 0. The van der Waals surface area contributed by atoms with Crippen LogP contribution in [0.1, 0.15) is 271 Å². The van der Waals surface area contributed by atoms with Gasteiger partial charge in [-0.05, 0) is 109 Å². The van der Waals surface area contributed by atoms with Gasteiger partial charge in [0.1, 0.15) is 13.2 Å². The van der Waals surface area contributed by atoms with E-state index < -0.39 is 6.10 Å². The van der Waals surface area contributed by atoms with Gasteiger partial charge in [0.15, 0.2) is 6.10 Å². The predicted molar refractivity (Wildman–Crippen MR) is 293 cm³/mol. The van der Waals surface area contributed by atoms with Crippen LogP contribution in [0.5, 0.6) is 0 Å². The normalized spacial score (nSPS) is 12.7. The quantitative estimate of drug-likeness (QED) is 0.0262. The first-order valence-electron chi connectivity index (χ1n) is 28.6. The summed E-state index contributed by atoms with van der Waals surface area (Å²) >= 11 is 0. The SMILES string of the molecule is CC/C=C\C/C=C\C/C=C\CCCCCCCCCC(=O)OCC(COC(=O)CCCCCCC/C=C\CCCCCCCCC)OC(=O)CCCCCCCCC/C=C\C/C=C\C/C=C\CC. The highest BCUT2D eigenvalue weighted by Crippen LogP contribution is 2.15. The molecule has 0 aliphatic heterocycles. The van der Waals surface area contributed by atoms with Gasteiger partial charge in [-0.1, -0.05) is 228 Å². The maximum Gasteiger partial charge on any atom is 0.306 e. The van der Waals surface area contributed by atoms with E-state index in [0.29, 0.717) is 19.3 Å². The number of carbonyl (C=O) groups is 3. The average molecular weight is 948 g/mol. The minimum atomic E-state index is -0.790. The second kappa shape index (κ2) is 56.2. The van der Waals surface area contributed by atoms with Crippen LogP contribution in [-0.2, 0) is 28.6 Å². The Kier molecular flexibility index (Phi) is 53.4. The van der Waals surface area contributed by atoms with Crippen LogP contribution in [0.3, 0.4) is 0 Å². The summed E-state index contributed by atoms with van der Waals surface area (Å²) in [4.78, 5) is 38.2. The molecule has 0 saturated carbocycles. The lowest BCUT2D eigenvalue weighted by Gasteiger charge is -2.18. The number of ether oxygens (including phenoxy) is 3. The minimum Gasteiger partial charge on any atom is -0.462 e. The van der Waals surface area contributed by atoms with Crippen molar-refractivity contribution in [2.75, 3.05) is 13.2 Å². The summed E-state index contributed by atoms with van der Waals surface area (Å²) in [5, 5.41) is 0. The number of hydrogen-bond donors (Lipinski definition) is 0. The number of allylic oxidation sites excluding steroid dienone is 14. The molecule has 0 rings (SSSR count). The maximum absolute atomic E-state index is 12.9. The summed E-state index contributed by atoms with van der Waals surface area (Å²) < 4.78 is 16.9. The van der Waals surface area contributed by atoms with Crippen LogP contribution in [0.25, 0.3) is 0 Å². The molecule has 0 bridgehead atoms. The molecule has 1 atom stereocenters. The molecular formula is C62H106O6. The van der Waals surface area contributed by atoms with Gasteiger partial charge in [-0.25, -0.2) is 0 Å². The Balaban J connectivity index is 4.43. The van der Waals surface area contributed by atoms with Gasteiger partial charge in [-0.2, -0.15) is 0 Å².